The van der Waals surface area contributed by atoms with E-state index in [0.29, 0.717) is 29.5 Å². The fraction of sp³-hybridized carbons (Fsp3) is 0.259. The van der Waals surface area contributed by atoms with Crippen LogP contribution in [0.2, 0.25) is 0 Å². The van der Waals surface area contributed by atoms with Gasteiger partial charge in [-0.05, 0) is 62.3 Å². The quantitative estimate of drug-likeness (QED) is 0.565. The number of nitrogens with zero attached hydrogens (tertiary/aromatic N) is 1. The lowest BCUT2D eigenvalue weighted by Crippen LogP contribution is -2.44. The van der Waals surface area contributed by atoms with Gasteiger partial charge in [-0.1, -0.05) is 36.8 Å². The summed E-state index contributed by atoms with van der Waals surface area (Å²) >= 11 is 0. The maximum atomic E-state index is 12.8. The first-order valence-corrected chi connectivity index (χ1v) is 11.4. The van der Waals surface area contributed by atoms with Crippen LogP contribution in [0.3, 0.4) is 0 Å². The van der Waals surface area contributed by atoms with Gasteiger partial charge >= 0.3 is 0 Å². The molecular weight excluding hydrogens is 414 g/mol. The number of para-hydroxylation sites is 1. The Morgan fingerprint density at radius 3 is 2.91 bits per heavy atom. The summed E-state index contributed by atoms with van der Waals surface area (Å²) in [5, 5.41) is 5.96. The van der Waals surface area contributed by atoms with Crippen molar-refractivity contribution in [3.8, 4) is 11.1 Å². The number of carbonyl (C=O) groups is 2. The minimum atomic E-state index is -0.142. The van der Waals surface area contributed by atoms with Crippen molar-refractivity contribution < 1.29 is 14.0 Å². The molecule has 0 spiro atoms. The summed E-state index contributed by atoms with van der Waals surface area (Å²) in [4.78, 5) is 27.4. The molecule has 2 aliphatic rings. The number of piperidine rings is 1. The second kappa shape index (κ2) is 9.08. The van der Waals surface area contributed by atoms with Gasteiger partial charge in [-0.15, -0.1) is 0 Å². The SMILES string of the molecule is CN1CCCCC1CNC(=O)c1cccc(-c2coc(/C=C3/C(=O)Nc4ccccc43)c2)c1. The Labute approximate surface area is 193 Å². The minimum absolute atomic E-state index is 0.0686. The highest BCUT2D eigenvalue weighted by atomic mass is 16.3. The second-order valence-electron chi connectivity index (χ2n) is 8.72. The van der Waals surface area contributed by atoms with E-state index in [1.807, 2.05) is 54.6 Å². The number of carbonyl (C=O) groups excluding carboxylic acids is 2. The summed E-state index contributed by atoms with van der Waals surface area (Å²) < 4.78 is 5.72. The molecule has 6 nitrogen and oxygen atoms in total. The third-order valence-corrected chi connectivity index (χ3v) is 6.49. The number of anilines is 1. The molecule has 33 heavy (non-hydrogen) atoms. The Bertz CT molecular complexity index is 1230. The van der Waals surface area contributed by atoms with Gasteiger partial charge in [0.05, 0.1) is 11.8 Å². The minimum Gasteiger partial charge on any atom is -0.464 e. The lowest BCUT2D eigenvalue weighted by atomic mass is 10.0. The summed E-state index contributed by atoms with van der Waals surface area (Å²) in [5.41, 5.74) is 4.61. The fourth-order valence-electron chi connectivity index (χ4n) is 4.56. The molecule has 6 heteroatoms. The zero-order valence-corrected chi connectivity index (χ0v) is 18.6. The van der Waals surface area contributed by atoms with Crippen LogP contribution < -0.4 is 10.6 Å². The highest BCUT2D eigenvalue weighted by molar-refractivity contribution is 6.34. The molecule has 2 amide bonds. The van der Waals surface area contributed by atoms with Crippen molar-refractivity contribution >= 4 is 29.2 Å². The van der Waals surface area contributed by atoms with Crippen LogP contribution in [-0.2, 0) is 4.79 Å². The Balaban J connectivity index is 1.31. The first-order chi connectivity index (χ1) is 16.1. The normalized spacial score (nSPS) is 19.4. The molecule has 1 fully saturated rings. The summed E-state index contributed by atoms with van der Waals surface area (Å²) in [5.74, 6) is 0.374. The van der Waals surface area contributed by atoms with Crippen molar-refractivity contribution in [2.24, 2.45) is 0 Å². The van der Waals surface area contributed by atoms with Gasteiger partial charge in [0, 0.05) is 35.0 Å². The fourth-order valence-corrected chi connectivity index (χ4v) is 4.56. The van der Waals surface area contributed by atoms with E-state index in [0.717, 1.165) is 35.3 Å². The molecule has 5 rings (SSSR count). The van der Waals surface area contributed by atoms with Crippen molar-refractivity contribution in [2.75, 3.05) is 25.5 Å². The first kappa shape index (κ1) is 21.2. The average Bonchev–Trinajstić information content (AvgIpc) is 3.43. The number of likely N-dealkylation sites (tertiary alicyclic amines) is 1. The summed E-state index contributed by atoms with van der Waals surface area (Å²) in [6.07, 6.45) is 6.96. The molecule has 3 heterocycles. The van der Waals surface area contributed by atoms with Crippen LogP contribution in [-0.4, -0.2) is 42.9 Å². The molecule has 0 radical (unpaired) electrons. The predicted octanol–water partition coefficient (Wildman–Crippen LogP) is 4.65. The molecule has 3 aromatic rings. The molecule has 1 atom stereocenters. The van der Waals surface area contributed by atoms with Crippen LogP contribution in [0, 0.1) is 0 Å². The summed E-state index contributed by atoms with van der Waals surface area (Å²) in [6.45, 7) is 1.74. The topological polar surface area (TPSA) is 74.6 Å². The van der Waals surface area contributed by atoms with Crippen LogP contribution in [0.4, 0.5) is 5.69 Å². The number of nitrogens with one attached hydrogen (secondary N) is 2. The van der Waals surface area contributed by atoms with Gasteiger partial charge in [0.1, 0.15) is 5.76 Å². The average molecular weight is 442 g/mol. The van der Waals surface area contributed by atoms with Gasteiger partial charge in [0.2, 0.25) is 0 Å². The van der Waals surface area contributed by atoms with Gasteiger partial charge in [-0.3, -0.25) is 9.59 Å². The van der Waals surface area contributed by atoms with Crippen molar-refractivity contribution in [2.45, 2.75) is 25.3 Å². The van der Waals surface area contributed by atoms with Crippen LogP contribution in [0.1, 0.15) is 40.9 Å². The Morgan fingerprint density at radius 1 is 1.15 bits per heavy atom. The number of amides is 2. The highest BCUT2D eigenvalue weighted by Gasteiger charge is 2.24. The van der Waals surface area contributed by atoms with E-state index in [-0.39, 0.29) is 11.8 Å². The zero-order valence-electron chi connectivity index (χ0n) is 18.6. The van der Waals surface area contributed by atoms with Gasteiger partial charge in [0.25, 0.3) is 11.8 Å². The molecule has 2 aromatic carbocycles. The van der Waals surface area contributed by atoms with E-state index in [9.17, 15) is 9.59 Å². The lowest BCUT2D eigenvalue weighted by Gasteiger charge is -2.32. The van der Waals surface area contributed by atoms with E-state index in [1.165, 1.54) is 12.8 Å². The van der Waals surface area contributed by atoms with Gasteiger partial charge in [-0.2, -0.15) is 0 Å². The molecule has 0 aliphatic carbocycles. The maximum absolute atomic E-state index is 12.8. The second-order valence-corrected chi connectivity index (χ2v) is 8.72. The van der Waals surface area contributed by atoms with Gasteiger partial charge < -0.3 is 20.0 Å². The molecule has 0 bridgehead atoms. The summed E-state index contributed by atoms with van der Waals surface area (Å²) in [7, 11) is 2.12. The number of furan rings is 1. The van der Waals surface area contributed by atoms with Crippen molar-refractivity contribution in [1.29, 1.82) is 0 Å². The van der Waals surface area contributed by atoms with E-state index < -0.39 is 0 Å². The van der Waals surface area contributed by atoms with Gasteiger partial charge in [0.15, 0.2) is 0 Å². The number of fused-ring (bicyclic) bond motifs is 1. The predicted molar refractivity (Wildman–Crippen MR) is 130 cm³/mol. The number of hydrogen-bond acceptors (Lipinski definition) is 4. The van der Waals surface area contributed by atoms with Crippen LogP contribution in [0.25, 0.3) is 22.8 Å². The van der Waals surface area contributed by atoms with Crippen molar-refractivity contribution in [3.05, 3.63) is 77.7 Å². The largest absolute Gasteiger partial charge is 0.464 e. The van der Waals surface area contributed by atoms with Crippen molar-refractivity contribution in [1.82, 2.24) is 10.2 Å². The Morgan fingerprint density at radius 2 is 2.03 bits per heavy atom. The molecule has 1 unspecified atom stereocenters. The molecule has 2 N–H and O–H groups in total. The van der Waals surface area contributed by atoms with E-state index in [4.69, 9.17) is 4.42 Å². The Hall–Kier alpha value is -3.64. The maximum Gasteiger partial charge on any atom is 0.256 e. The standard InChI is InChI=1S/C27H27N3O3/c1-30-12-5-4-9-21(30)16-28-26(31)19-8-6-7-18(13-19)20-14-22(33-17-20)15-24-23-10-2-3-11-25(23)29-27(24)32/h2-3,6-8,10-11,13-15,17,21H,4-5,9,12,16H2,1H3,(H,28,31)(H,29,32)/b24-15+. The third-order valence-electron chi connectivity index (χ3n) is 6.49. The zero-order chi connectivity index (χ0) is 22.8. The van der Waals surface area contributed by atoms with Crippen molar-refractivity contribution in [3.63, 3.8) is 0 Å². The lowest BCUT2D eigenvalue weighted by molar-refractivity contribution is -0.110. The van der Waals surface area contributed by atoms with E-state index >= 15 is 0 Å². The van der Waals surface area contributed by atoms with Crippen LogP contribution in [0.5, 0.6) is 0 Å². The third kappa shape index (κ3) is 4.47. The molecule has 2 aliphatic heterocycles. The molecular formula is C27H27N3O3. The monoisotopic (exact) mass is 441 g/mol. The number of rotatable bonds is 5. The van der Waals surface area contributed by atoms with Crippen LogP contribution >= 0.6 is 0 Å². The molecule has 1 aromatic heterocycles. The molecule has 168 valence electrons. The molecule has 0 saturated carbocycles. The number of likely N-dealkylation sites (N-methyl/N-ethyl adjacent to an activating group) is 1. The van der Waals surface area contributed by atoms with Crippen LogP contribution in [0.15, 0.2) is 65.3 Å². The first-order valence-electron chi connectivity index (χ1n) is 11.4. The number of benzene rings is 2. The molecule has 1 saturated heterocycles. The highest BCUT2D eigenvalue weighted by Crippen LogP contribution is 2.33. The van der Waals surface area contributed by atoms with Gasteiger partial charge in [-0.25, -0.2) is 0 Å². The summed E-state index contributed by atoms with van der Waals surface area (Å²) in [6, 6.07) is 17.4. The number of hydrogen-bond donors (Lipinski definition) is 2. The Kier molecular flexibility index (Phi) is 5.84. The van der Waals surface area contributed by atoms with E-state index in [2.05, 4.69) is 22.6 Å². The smallest absolute Gasteiger partial charge is 0.256 e. The van der Waals surface area contributed by atoms with E-state index in [1.54, 1.807) is 12.3 Å².